The van der Waals surface area contributed by atoms with Crippen molar-refractivity contribution in [1.82, 2.24) is 10.2 Å². The maximum Gasteiger partial charge on any atom is 0.410 e. The van der Waals surface area contributed by atoms with Crippen LogP contribution in [0, 0.1) is 18.8 Å². The SMILES string of the molecule is Cc1ccc(C(=O)NC(CC2CCN(C(=O)OC(C)(C)CCc3ccc(C(=O)O)s3)CC2)C(C)C)s1. The van der Waals surface area contributed by atoms with Crippen LogP contribution in [0.15, 0.2) is 24.3 Å². The second kappa shape index (κ2) is 12.2. The van der Waals surface area contributed by atoms with Crippen LogP contribution in [-0.4, -0.2) is 52.7 Å². The molecule has 36 heavy (non-hydrogen) atoms. The molecule has 1 aliphatic heterocycles. The van der Waals surface area contributed by atoms with Crippen LogP contribution in [0.1, 0.15) is 82.5 Å². The van der Waals surface area contributed by atoms with E-state index in [4.69, 9.17) is 9.84 Å². The number of carbonyl (C=O) groups is 3. The van der Waals surface area contributed by atoms with E-state index in [1.165, 1.54) is 22.7 Å². The molecule has 1 saturated heterocycles. The zero-order valence-corrected chi connectivity index (χ0v) is 23.5. The molecule has 3 heterocycles. The molecule has 2 aromatic heterocycles. The predicted molar refractivity (Wildman–Crippen MR) is 144 cm³/mol. The van der Waals surface area contributed by atoms with Crippen LogP contribution in [-0.2, 0) is 11.2 Å². The molecule has 0 saturated carbocycles. The number of carboxylic acids is 1. The zero-order chi connectivity index (χ0) is 26.5. The molecule has 0 aliphatic carbocycles. The van der Waals surface area contributed by atoms with E-state index in [9.17, 15) is 14.4 Å². The topological polar surface area (TPSA) is 95.9 Å². The van der Waals surface area contributed by atoms with Crippen molar-refractivity contribution < 1.29 is 24.2 Å². The lowest BCUT2D eigenvalue weighted by Gasteiger charge is -2.36. The van der Waals surface area contributed by atoms with E-state index in [0.29, 0.717) is 42.6 Å². The maximum atomic E-state index is 12.8. The van der Waals surface area contributed by atoms with Crippen molar-refractivity contribution in [2.75, 3.05) is 13.1 Å². The van der Waals surface area contributed by atoms with Gasteiger partial charge in [-0.3, -0.25) is 4.79 Å². The molecule has 2 N–H and O–H groups in total. The van der Waals surface area contributed by atoms with Crippen molar-refractivity contribution in [3.8, 4) is 0 Å². The van der Waals surface area contributed by atoms with Gasteiger partial charge in [0.25, 0.3) is 5.91 Å². The van der Waals surface area contributed by atoms with Crippen LogP contribution in [0.3, 0.4) is 0 Å². The normalized spacial score (nSPS) is 15.7. The molecule has 2 aromatic rings. The maximum absolute atomic E-state index is 12.8. The number of thiophene rings is 2. The number of aromatic carboxylic acids is 1. The minimum absolute atomic E-state index is 0.00298. The Morgan fingerprint density at radius 2 is 1.78 bits per heavy atom. The minimum Gasteiger partial charge on any atom is -0.477 e. The van der Waals surface area contributed by atoms with E-state index in [1.54, 1.807) is 11.0 Å². The lowest BCUT2D eigenvalue weighted by molar-refractivity contribution is 0.00277. The number of likely N-dealkylation sites (tertiary alicyclic amines) is 1. The third-order valence-corrected chi connectivity index (χ3v) is 8.89. The Morgan fingerprint density at radius 1 is 1.11 bits per heavy atom. The Hall–Kier alpha value is -2.39. The Balaban J connectivity index is 1.44. The summed E-state index contributed by atoms with van der Waals surface area (Å²) in [5, 5.41) is 12.3. The van der Waals surface area contributed by atoms with Crippen LogP contribution in [0.4, 0.5) is 4.79 Å². The Bertz CT molecular complexity index is 1050. The lowest BCUT2D eigenvalue weighted by atomic mass is 9.86. The van der Waals surface area contributed by atoms with Gasteiger partial charge in [-0.2, -0.15) is 0 Å². The van der Waals surface area contributed by atoms with Gasteiger partial charge in [0.2, 0.25) is 0 Å². The molecule has 0 radical (unpaired) electrons. The fourth-order valence-electron chi connectivity index (χ4n) is 4.41. The molecule has 2 amide bonds. The quantitative estimate of drug-likeness (QED) is 0.377. The van der Waals surface area contributed by atoms with E-state index < -0.39 is 11.6 Å². The van der Waals surface area contributed by atoms with Crippen molar-refractivity contribution in [2.45, 2.75) is 78.4 Å². The highest BCUT2D eigenvalue weighted by Gasteiger charge is 2.31. The van der Waals surface area contributed by atoms with Gasteiger partial charge < -0.3 is 20.1 Å². The molecule has 3 rings (SSSR count). The first kappa shape index (κ1) is 28.2. The smallest absolute Gasteiger partial charge is 0.410 e. The Kier molecular flexibility index (Phi) is 9.58. The van der Waals surface area contributed by atoms with Gasteiger partial charge in [-0.05, 0) is 89.0 Å². The molecular weight excluding hydrogens is 496 g/mol. The van der Waals surface area contributed by atoms with Crippen molar-refractivity contribution >= 4 is 40.6 Å². The largest absolute Gasteiger partial charge is 0.477 e. The zero-order valence-electron chi connectivity index (χ0n) is 21.8. The molecule has 1 fully saturated rings. The number of hydrogen-bond acceptors (Lipinski definition) is 6. The first-order chi connectivity index (χ1) is 16.9. The van der Waals surface area contributed by atoms with Gasteiger partial charge in [0.05, 0.1) is 4.88 Å². The second-order valence-electron chi connectivity index (χ2n) is 10.6. The number of carbonyl (C=O) groups excluding carboxylic acids is 2. The van der Waals surface area contributed by atoms with Gasteiger partial charge in [-0.1, -0.05) is 13.8 Å². The first-order valence-corrected chi connectivity index (χ1v) is 14.2. The number of nitrogens with one attached hydrogen (secondary N) is 1. The molecule has 7 nitrogen and oxygen atoms in total. The fraction of sp³-hybridized carbons (Fsp3) is 0.593. The monoisotopic (exact) mass is 534 g/mol. The van der Waals surface area contributed by atoms with Crippen LogP contribution in [0.5, 0.6) is 0 Å². The molecule has 1 aliphatic rings. The van der Waals surface area contributed by atoms with Gasteiger partial charge in [0.15, 0.2) is 0 Å². The number of rotatable bonds is 10. The summed E-state index contributed by atoms with van der Waals surface area (Å²) in [6.07, 6.45) is 3.67. The average molecular weight is 535 g/mol. The number of ether oxygens (including phenoxy) is 1. The van der Waals surface area contributed by atoms with Crippen molar-refractivity contribution in [1.29, 1.82) is 0 Å². The minimum atomic E-state index is -0.917. The molecule has 0 aromatic carbocycles. The van der Waals surface area contributed by atoms with Crippen LogP contribution in [0.2, 0.25) is 0 Å². The summed E-state index contributed by atoms with van der Waals surface area (Å²) in [5.41, 5.74) is -0.644. The Labute approximate surface area is 221 Å². The van der Waals surface area contributed by atoms with Gasteiger partial charge >= 0.3 is 12.1 Å². The number of carboxylic acid groups (broad SMARTS) is 1. The molecular formula is C27H38N2O5S2. The molecule has 1 atom stereocenters. The summed E-state index contributed by atoms with van der Waals surface area (Å²) >= 11 is 2.78. The van der Waals surface area contributed by atoms with Crippen LogP contribution >= 0.6 is 22.7 Å². The van der Waals surface area contributed by atoms with Crippen molar-refractivity contribution in [3.63, 3.8) is 0 Å². The second-order valence-corrected chi connectivity index (χ2v) is 13.1. The van der Waals surface area contributed by atoms with Gasteiger partial charge in [-0.15, -0.1) is 22.7 Å². The molecule has 198 valence electrons. The predicted octanol–water partition coefficient (Wildman–Crippen LogP) is 6.22. The van der Waals surface area contributed by atoms with E-state index in [1.807, 2.05) is 39.0 Å². The summed E-state index contributed by atoms with van der Waals surface area (Å²) in [6.45, 7) is 11.4. The third kappa shape index (κ3) is 8.06. The van der Waals surface area contributed by atoms with Gasteiger partial charge in [0, 0.05) is 28.9 Å². The van der Waals surface area contributed by atoms with Crippen LogP contribution < -0.4 is 5.32 Å². The standard InChI is InChI=1S/C27H38N2O5S2/c1-17(2)21(28-24(30)22-8-6-18(3)35-22)16-19-11-14-29(15-12-19)26(33)34-27(4,5)13-10-20-7-9-23(36-20)25(31)32/h6-9,17,19,21H,10-16H2,1-5H3,(H,28,30)(H,31,32). The van der Waals surface area contributed by atoms with E-state index in [0.717, 1.165) is 33.9 Å². The molecule has 0 spiro atoms. The number of hydrogen-bond donors (Lipinski definition) is 2. The van der Waals surface area contributed by atoms with Crippen molar-refractivity contribution in [3.05, 3.63) is 43.8 Å². The third-order valence-electron chi connectivity index (χ3n) is 6.75. The molecule has 1 unspecified atom stereocenters. The van der Waals surface area contributed by atoms with E-state index in [-0.39, 0.29) is 18.0 Å². The number of aryl methyl sites for hydroxylation is 2. The summed E-state index contributed by atoms with van der Waals surface area (Å²) in [4.78, 5) is 41.5. The fourth-order valence-corrected chi connectivity index (χ4v) is 6.02. The first-order valence-electron chi connectivity index (χ1n) is 12.6. The van der Waals surface area contributed by atoms with Gasteiger partial charge in [-0.25, -0.2) is 9.59 Å². The number of amides is 2. The van der Waals surface area contributed by atoms with Gasteiger partial charge in [0.1, 0.15) is 10.5 Å². The molecule has 9 heteroatoms. The summed E-state index contributed by atoms with van der Waals surface area (Å²) in [5.74, 6) is -0.146. The highest BCUT2D eigenvalue weighted by Crippen LogP contribution is 2.28. The highest BCUT2D eigenvalue weighted by atomic mass is 32.1. The number of piperidine rings is 1. The van der Waals surface area contributed by atoms with Crippen molar-refractivity contribution in [2.24, 2.45) is 11.8 Å². The van der Waals surface area contributed by atoms with E-state index >= 15 is 0 Å². The summed E-state index contributed by atoms with van der Waals surface area (Å²) < 4.78 is 5.83. The summed E-state index contributed by atoms with van der Waals surface area (Å²) in [6, 6.07) is 7.39. The Morgan fingerprint density at radius 3 is 2.33 bits per heavy atom. The number of nitrogens with zero attached hydrogens (tertiary/aromatic N) is 1. The highest BCUT2D eigenvalue weighted by molar-refractivity contribution is 7.14. The molecule has 0 bridgehead atoms. The van der Waals surface area contributed by atoms with Crippen LogP contribution in [0.25, 0.3) is 0 Å². The summed E-state index contributed by atoms with van der Waals surface area (Å²) in [7, 11) is 0. The average Bonchev–Trinajstić information content (AvgIpc) is 3.47. The van der Waals surface area contributed by atoms with E-state index in [2.05, 4.69) is 19.2 Å². The lowest BCUT2D eigenvalue weighted by Crippen LogP contribution is -2.45.